The van der Waals surface area contributed by atoms with E-state index in [2.05, 4.69) is 0 Å². The lowest BCUT2D eigenvalue weighted by Gasteiger charge is -2.25. The quantitative estimate of drug-likeness (QED) is 0.526. The van der Waals surface area contributed by atoms with Gasteiger partial charge in [0.05, 0.1) is 0 Å². The van der Waals surface area contributed by atoms with Crippen molar-refractivity contribution in [3.63, 3.8) is 0 Å². The van der Waals surface area contributed by atoms with E-state index in [9.17, 15) is 39.9 Å². The molecule has 0 unspecified atom stereocenters. The van der Waals surface area contributed by atoms with E-state index in [-0.39, 0.29) is 0 Å². The molecular weight excluding hydrogens is 318 g/mol. The minimum absolute atomic E-state index is 0.501. The van der Waals surface area contributed by atoms with Crippen LogP contribution in [0.3, 0.4) is 0 Å². The number of halogens is 8. The normalized spacial score (nSPS) is 11.6. The van der Waals surface area contributed by atoms with Crippen LogP contribution < -0.4 is 4.90 Å². The third-order valence-corrected chi connectivity index (χ3v) is 2.20. The first-order valence-corrected chi connectivity index (χ1v) is 5.00. The van der Waals surface area contributed by atoms with Gasteiger partial charge in [-0.05, 0) is 0 Å². The molecule has 21 heavy (non-hydrogen) atoms. The molecule has 0 radical (unpaired) electrons. The van der Waals surface area contributed by atoms with Crippen molar-refractivity contribution in [1.82, 2.24) is 0 Å². The van der Waals surface area contributed by atoms with Crippen molar-refractivity contribution in [3.8, 4) is 0 Å². The number of rotatable bonds is 4. The number of carboxylic acid groups (broad SMARTS) is 1. The maximum atomic E-state index is 13.4. The third kappa shape index (κ3) is 3.73. The van der Waals surface area contributed by atoms with Crippen LogP contribution in [0.2, 0.25) is 0 Å². The first kappa shape index (κ1) is 17.0. The van der Waals surface area contributed by atoms with Crippen molar-refractivity contribution in [3.05, 3.63) is 29.1 Å². The summed E-state index contributed by atoms with van der Waals surface area (Å²) in [6.07, 6.45) is -5.13. The van der Waals surface area contributed by atoms with Crippen LogP contribution in [0.25, 0.3) is 0 Å². The Morgan fingerprint density at radius 2 is 1.29 bits per heavy atom. The van der Waals surface area contributed by atoms with Gasteiger partial charge in [-0.1, -0.05) is 0 Å². The summed E-state index contributed by atoms with van der Waals surface area (Å²) in [5.41, 5.74) is -1.95. The van der Waals surface area contributed by atoms with Crippen LogP contribution in [0.4, 0.5) is 40.8 Å². The standard InChI is InChI=1S/C10H5F8NO2/c11-4-5(12)7(14)9(8(15)6(4)13)19(1-3(20)21)2-10(16,17)18/h1-2H2,(H,20,21). The van der Waals surface area contributed by atoms with E-state index in [1.807, 2.05) is 0 Å². The Morgan fingerprint density at radius 1 is 0.905 bits per heavy atom. The van der Waals surface area contributed by atoms with E-state index in [4.69, 9.17) is 5.11 Å². The number of hydrogen-bond donors (Lipinski definition) is 1. The highest BCUT2D eigenvalue weighted by atomic mass is 19.4. The molecule has 0 saturated carbocycles. The minimum Gasteiger partial charge on any atom is -0.480 e. The lowest BCUT2D eigenvalue weighted by Crippen LogP contribution is -2.39. The van der Waals surface area contributed by atoms with Crippen molar-refractivity contribution in [2.75, 3.05) is 18.0 Å². The molecular formula is C10H5F8NO2. The number of nitrogens with zero attached hydrogens (tertiary/aromatic N) is 1. The molecule has 0 fully saturated rings. The lowest BCUT2D eigenvalue weighted by atomic mass is 10.2. The van der Waals surface area contributed by atoms with Gasteiger partial charge >= 0.3 is 12.1 Å². The zero-order valence-corrected chi connectivity index (χ0v) is 9.74. The molecule has 0 aliphatic carbocycles. The summed E-state index contributed by atoms with van der Waals surface area (Å²) in [5.74, 6) is -14.5. The summed E-state index contributed by atoms with van der Waals surface area (Å²) < 4.78 is 102. The predicted molar refractivity (Wildman–Crippen MR) is 52.1 cm³/mol. The van der Waals surface area contributed by atoms with Crippen molar-refractivity contribution in [2.45, 2.75) is 6.18 Å². The molecule has 0 heterocycles. The Morgan fingerprint density at radius 3 is 1.62 bits per heavy atom. The van der Waals surface area contributed by atoms with Gasteiger partial charge in [-0.25, -0.2) is 22.0 Å². The van der Waals surface area contributed by atoms with Gasteiger partial charge in [0.1, 0.15) is 18.8 Å². The van der Waals surface area contributed by atoms with Gasteiger partial charge in [0.2, 0.25) is 5.82 Å². The average molecular weight is 323 g/mol. The number of carboxylic acids is 1. The summed E-state index contributed by atoms with van der Waals surface area (Å²) >= 11 is 0. The van der Waals surface area contributed by atoms with Crippen molar-refractivity contribution >= 4 is 11.7 Å². The van der Waals surface area contributed by atoms with Crippen LogP contribution in [0.5, 0.6) is 0 Å². The number of aliphatic carboxylic acids is 1. The molecule has 0 atom stereocenters. The van der Waals surface area contributed by atoms with Crippen molar-refractivity contribution < 1.29 is 45.0 Å². The van der Waals surface area contributed by atoms with Crippen LogP contribution >= 0.6 is 0 Å². The second-order valence-corrected chi connectivity index (χ2v) is 3.78. The summed E-state index contributed by atoms with van der Waals surface area (Å²) in [4.78, 5) is 9.91. The van der Waals surface area contributed by atoms with Crippen molar-refractivity contribution in [1.29, 1.82) is 0 Å². The van der Waals surface area contributed by atoms with Crippen LogP contribution in [-0.4, -0.2) is 30.3 Å². The molecule has 0 spiro atoms. The monoisotopic (exact) mass is 323 g/mol. The number of carbonyl (C=O) groups is 1. The zero-order chi connectivity index (χ0) is 16.5. The molecule has 11 heteroatoms. The summed E-state index contributed by atoms with van der Waals surface area (Å²) in [7, 11) is 0. The maximum absolute atomic E-state index is 13.4. The molecule has 0 aromatic heterocycles. The van der Waals surface area contributed by atoms with Gasteiger partial charge < -0.3 is 10.0 Å². The van der Waals surface area contributed by atoms with Gasteiger partial charge in [0.25, 0.3) is 0 Å². The number of anilines is 1. The van der Waals surface area contributed by atoms with Crippen LogP contribution in [-0.2, 0) is 4.79 Å². The molecule has 0 bridgehead atoms. The Balaban J connectivity index is 3.47. The Bertz CT molecular complexity index is 542. The molecule has 0 aliphatic rings. The molecule has 0 amide bonds. The Labute approximate surface area is 111 Å². The lowest BCUT2D eigenvalue weighted by molar-refractivity contribution is -0.136. The highest BCUT2D eigenvalue weighted by molar-refractivity contribution is 5.74. The third-order valence-electron chi connectivity index (χ3n) is 2.20. The van der Waals surface area contributed by atoms with Crippen molar-refractivity contribution in [2.24, 2.45) is 0 Å². The molecule has 1 aromatic carbocycles. The first-order chi connectivity index (χ1) is 9.45. The van der Waals surface area contributed by atoms with Crippen LogP contribution in [0.15, 0.2) is 0 Å². The molecule has 1 rings (SSSR count). The molecule has 1 aromatic rings. The average Bonchev–Trinajstić information content (AvgIpc) is 2.31. The largest absolute Gasteiger partial charge is 0.480 e. The fourth-order valence-corrected chi connectivity index (χ4v) is 1.46. The van der Waals surface area contributed by atoms with Gasteiger partial charge in [0.15, 0.2) is 23.3 Å². The number of alkyl halides is 3. The molecule has 1 N–H and O–H groups in total. The van der Waals surface area contributed by atoms with E-state index in [0.717, 1.165) is 0 Å². The van der Waals surface area contributed by atoms with Crippen LogP contribution in [0.1, 0.15) is 0 Å². The van der Waals surface area contributed by atoms with Gasteiger partial charge in [-0.2, -0.15) is 13.2 Å². The topological polar surface area (TPSA) is 40.5 Å². The highest BCUT2D eigenvalue weighted by Gasteiger charge is 2.36. The van der Waals surface area contributed by atoms with E-state index < -0.39 is 64.9 Å². The zero-order valence-electron chi connectivity index (χ0n) is 9.74. The fourth-order valence-electron chi connectivity index (χ4n) is 1.46. The smallest absolute Gasteiger partial charge is 0.405 e. The number of benzene rings is 1. The predicted octanol–water partition coefficient (Wildman–Crippen LogP) is 2.84. The second-order valence-electron chi connectivity index (χ2n) is 3.78. The molecule has 3 nitrogen and oxygen atoms in total. The number of hydrogen-bond acceptors (Lipinski definition) is 2. The van der Waals surface area contributed by atoms with Crippen LogP contribution in [0, 0.1) is 29.1 Å². The van der Waals surface area contributed by atoms with E-state index in [1.54, 1.807) is 0 Å². The molecule has 0 aliphatic heterocycles. The maximum Gasteiger partial charge on any atom is 0.405 e. The van der Waals surface area contributed by atoms with Gasteiger partial charge in [-0.15, -0.1) is 0 Å². The highest BCUT2D eigenvalue weighted by Crippen LogP contribution is 2.32. The first-order valence-electron chi connectivity index (χ1n) is 5.00. The molecule has 118 valence electrons. The summed E-state index contributed by atoms with van der Waals surface area (Å²) in [5, 5.41) is 8.40. The van der Waals surface area contributed by atoms with Gasteiger partial charge in [0, 0.05) is 0 Å². The van der Waals surface area contributed by atoms with E-state index in [0.29, 0.717) is 0 Å². The SMILES string of the molecule is O=C(O)CN(CC(F)(F)F)c1c(F)c(F)c(F)c(F)c1F. The summed E-state index contributed by atoms with van der Waals surface area (Å²) in [6.45, 7) is -3.82. The Kier molecular flexibility index (Phi) is 4.64. The minimum atomic E-state index is -5.13. The Hall–Kier alpha value is -2.07. The fraction of sp³-hybridized carbons (Fsp3) is 0.300. The van der Waals surface area contributed by atoms with E-state index >= 15 is 0 Å². The second kappa shape index (κ2) is 5.74. The van der Waals surface area contributed by atoms with Gasteiger partial charge in [-0.3, -0.25) is 4.79 Å². The van der Waals surface area contributed by atoms with E-state index in [1.165, 1.54) is 0 Å². The summed E-state index contributed by atoms with van der Waals surface area (Å²) in [6, 6.07) is 0. The molecule has 0 saturated heterocycles.